The lowest BCUT2D eigenvalue weighted by atomic mass is 9.46. The predicted octanol–water partition coefficient (Wildman–Crippen LogP) is 3.66. The van der Waals surface area contributed by atoms with Crippen LogP contribution in [0.15, 0.2) is 17.5 Å². The maximum absolute atomic E-state index is 3.45. The van der Waals surface area contributed by atoms with Crippen LogP contribution in [0.5, 0.6) is 0 Å². The minimum atomic E-state index is 0.592. The van der Waals surface area contributed by atoms with E-state index >= 15 is 0 Å². The topological polar surface area (TPSA) is 12.0 Å². The molecule has 4 fully saturated rings. The van der Waals surface area contributed by atoms with Gasteiger partial charge in [0.25, 0.3) is 0 Å². The van der Waals surface area contributed by atoms with Crippen molar-refractivity contribution >= 4 is 11.3 Å². The molecule has 1 nitrogen and oxygen atoms in total. The molecule has 98 valence electrons. The van der Waals surface area contributed by atoms with Crippen LogP contribution >= 0.6 is 11.3 Å². The smallest absolute Gasteiger partial charge is 0.0107 e. The van der Waals surface area contributed by atoms with Crippen molar-refractivity contribution in [2.45, 2.75) is 37.5 Å². The molecular weight excluding hydrogens is 238 g/mol. The molecule has 0 amide bonds. The summed E-state index contributed by atoms with van der Waals surface area (Å²) in [6.07, 6.45) is 7.50. The van der Waals surface area contributed by atoms with Gasteiger partial charge < -0.3 is 5.32 Å². The van der Waals surface area contributed by atoms with Crippen molar-refractivity contribution in [2.75, 3.05) is 13.6 Å². The van der Waals surface area contributed by atoms with Gasteiger partial charge in [-0.1, -0.05) is 6.07 Å². The molecule has 4 aliphatic carbocycles. The summed E-state index contributed by atoms with van der Waals surface area (Å²) in [5.41, 5.74) is 0.592. The van der Waals surface area contributed by atoms with Crippen molar-refractivity contribution in [2.24, 2.45) is 23.7 Å². The van der Waals surface area contributed by atoms with Crippen molar-refractivity contribution in [1.82, 2.24) is 5.32 Å². The van der Waals surface area contributed by atoms with E-state index in [1.807, 2.05) is 11.3 Å². The van der Waals surface area contributed by atoms with E-state index in [1.165, 1.54) is 38.6 Å². The first-order chi connectivity index (χ1) is 8.81. The molecule has 1 heterocycles. The highest BCUT2D eigenvalue weighted by molar-refractivity contribution is 7.10. The second-order valence-electron chi connectivity index (χ2n) is 6.95. The van der Waals surface area contributed by atoms with Gasteiger partial charge >= 0.3 is 0 Å². The highest BCUT2D eigenvalue weighted by Gasteiger charge is 2.55. The zero-order valence-corrected chi connectivity index (χ0v) is 12.0. The molecule has 4 saturated carbocycles. The molecule has 4 bridgehead atoms. The van der Waals surface area contributed by atoms with E-state index in [-0.39, 0.29) is 0 Å². The van der Waals surface area contributed by atoms with Gasteiger partial charge in [-0.3, -0.25) is 0 Å². The fraction of sp³-hybridized carbons (Fsp3) is 0.750. The highest BCUT2D eigenvalue weighted by atomic mass is 32.1. The molecule has 5 rings (SSSR count). The fourth-order valence-corrected chi connectivity index (χ4v) is 6.54. The first-order valence-corrected chi connectivity index (χ1v) is 8.37. The lowest BCUT2D eigenvalue weighted by Crippen LogP contribution is -2.54. The van der Waals surface area contributed by atoms with Crippen LogP contribution < -0.4 is 5.32 Å². The molecule has 4 aliphatic rings. The summed E-state index contributed by atoms with van der Waals surface area (Å²) in [5.74, 6) is 4.02. The van der Waals surface area contributed by atoms with E-state index in [4.69, 9.17) is 0 Å². The molecule has 1 aromatic heterocycles. The number of rotatable bonds is 3. The molecule has 0 aliphatic heterocycles. The molecule has 0 radical (unpaired) electrons. The van der Waals surface area contributed by atoms with E-state index in [0.29, 0.717) is 5.41 Å². The van der Waals surface area contributed by atoms with Gasteiger partial charge in [-0.25, -0.2) is 0 Å². The average molecular weight is 261 g/mol. The lowest BCUT2D eigenvalue weighted by molar-refractivity contribution is -0.0533. The van der Waals surface area contributed by atoms with Crippen LogP contribution in [0.4, 0.5) is 0 Å². The van der Waals surface area contributed by atoms with Gasteiger partial charge in [-0.05, 0) is 80.8 Å². The molecule has 2 atom stereocenters. The first-order valence-electron chi connectivity index (χ1n) is 7.49. The van der Waals surface area contributed by atoms with E-state index in [0.717, 1.165) is 23.7 Å². The van der Waals surface area contributed by atoms with Crippen LogP contribution in [-0.2, 0) is 5.41 Å². The standard InChI is InChI=1S/C16H23NS/c1-17-10-14-12-5-11-6-13(14)9-16(7-11,8-12)15-3-2-4-18-15/h2-4,11-14,17H,5-10H2,1H3. The summed E-state index contributed by atoms with van der Waals surface area (Å²) in [6, 6.07) is 4.66. The Morgan fingerprint density at radius 3 is 2.67 bits per heavy atom. The second kappa shape index (κ2) is 4.08. The van der Waals surface area contributed by atoms with Gasteiger partial charge in [0.05, 0.1) is 0 Å². The van der Waals surface area contributed by atoms with Gasteiger partial charge in [0.15, 0.2) is 0 Å². The Bertz CT molecular complexity index is 408. The average Bonchev–Trinajstić information content (AvgIpc) is 2.87. The Labute approximate surface area is 114 Å². The van der Waals surface area contributed by atoms with E-state index in [9.17, 15) is 0 Å². The van der Waals surface area contributed by atoms with Gasteiger partial charge in [0, 0.05) is 10.3 Å². The molecule has 0 saturated heterocycles. The number of thiophene rings is 1. The predicted molar refractivity (Wildman–Crippen MR) is 77.0 cm³/mol. The Morgan fingerprint density at radius 2 is 2.06 bits per heavy atom. The molecule has 1 aromatic rings. The quantitative estimate of drug-likeness (QED) is 0.875. The minimum Gasteiger partial charge on any atom is -0.319 e. The van der Waals surface area contributed by atoms with Crippen LogP contribution in [0.1, 0.15) is 37.0 Å². The molecule has 1 N–H and O–H groups in total. The van der Waals surface area contributed by atoms with Crippen LogP contribution in [-0.4, -0.2) is 13.6 Å². The van der Waals surface area contributed by atoms with Gasteiger partial charge in [0.2, 0.25) is 0 Å². The molecule has 0 spiro atoms. The molecule has 2 unspecified atom stereocenters. The fourth-order valence-electron chi connectivity index (χ4n) is 5.58. The highest BCUT2D eigenvalue weighted by Crippen LogP contribution is 2.63. The first kappa shape index (κ1) is 11.5. The second-order valence-corrected chi connectivity index (χ2v) is 7.90. The maximum atomic E-state index is 3.45. The zero-order chi connectivity index (χ0) is 12.2. The van der Waals surface area contributed by atoms with Crippen LogP contribution in [0.25, 0.3) is 0 Å². The Kier molecular flexibility index (Phi) is 2.60. The molecule has 18 heavy (non-hydrogen) atoms. The van der Waals surface area contributed by atoms with Crippen molar-refractivity contribution in [3.05, 3.63) is 22.4 Å². The number of hydrogen-bond acceptors (Lipinski definition) is 2. The van der Waals surface area contributed by atoms with Crippen molar-refractivity contribution < 1.29 is 0 Å². The van der Waals surface area contributed by atoms with Crippen molar-refractivity contribution in [3.8, 4) is 0 Å². The van der Waals surface area contributed by atoms with Crippen LogP contribution in [0.3, 0.4) is 0 Å². The van der Waals surface area contributed by atoms with Crippen molar-refractivity contribution in [1.29, 1.82) is 0 Å². The largest absolute Gasteiger partial charge is 0.319 e. The third-order valence-corrected chi connectivity index (χ3v) is 7.07. The Hall–Kier alpha value is -0.340. The minimum absolute atomic E-state index is 0.592. The third kappa shape index (κ3) is 1.55. The normalized spacial score (nSPS) is 45.6. The summed E-state index contributed by atoms with van der Waals surface area (Å²) in [4.78, 5) is 1.70. The summed E-state index contributed by atoms with van der Waals surface area (Å²) in [5, 5.41) is 5.72. The SMILES string of the molecule is CNCC1C2CC3CC1CC(c1cccs1)(C3)C2. The Morgan fingerprint density at radius 1 is 1.28 bits per heavy atom. The number of nitrogens with one attached hydrogen (secondary N) is 1. The van der Waals surface area contributed by atoms with Gasteiger partial charge in [0.1, 0.15) is 0 Å². The monoisotopic (exact) mass is 261 g/mol. The lowest BCUT2D eigenvalue weighted by Gasteiger charge is -2.60. The zero-order valence-electron chi connectivity index (χ0n) is 11.2. The molecule has 2 heteroatoms. The summed E-state index contributed by atoms with van der Waals surface area (Å²) in [6.45, 7) is 1.25. The van der Waals surface area contributed by atoms with Gasteiger partial charge in [-0.15, -0.1) is 11.3 Å². The van der Waals surface area contributed by atoms with E-state index in [1.54, 1.807) is 4.88 Å². The Balaban J connectivity index is 1.67. The van der Waals surface area contributed by atoms with Gasteiger partial charge in [-0.2, -0.15) is 0 Å². The summed E-state index contributed by atoms with van der Waals surface area (Å²) < 4.78 is 0. The third-order valence-electron chi connectivity index (χ3n) is 5.95. The van der Waals surface area contributed by atoms with E-state index in [2.05, 4.69) is 29.9 Å². The molecular formula is C16H23NS. The summed E-state index contributed by atoms with van der Waals surface area (Å²) >= 11 is 2.01. The maximum Gasteiger partial charge on any atom is 0.0107 e. The van der Waals surface area contributed by atoms with Crippen LogP contribution in [0, 0.1) is 23.7 Å². The van der Waals surface area contributed by atoms with E-state index < -0.39 is 0 Å². The summed E-state index contributed by atoms with van der Waals surface area (Å²) in [7, 11) is 2.13. The molecule has 0 aromatic carbocycles. The van der Waals surface area contributed by atoms with Crippen molar-refractivity contribution in [3.63, 3.8) is 0 Å². The van der Waals surface area contributed by atoms with Crippen LogP contribution in [0.2, 0.25) is 0 Å². The number of hydrogen-bond donors (Lipinski definition) is 1.